The van der Waals surface area contributed by atoms with Gasteiger partial charge in [0.25, 0.3) is 5.91 Å². The highest BCUT2D eigenvalue weighted by Crippen LogP contribution is 2.11. The molecule has 1 rings (SSSR count). The normalized spacial score (nSPS) is 11.7. The lowest BCUT2D eigenvalue weighted by molar-refractivity contribution is 0.0914. The van der Waals surface area contributed by atoms with Crippen molar-refractivity contribution in [1.29, 1.82) is 0 Å². The van der Waals surface area contributed by atoms with Crippen molar-refractivity contribution in [3.05, 3.63) is 29.6 Å². The Hall–Kier alpha value is -1.56. The first-order chi connectivity index (χ1) is 8.25. The Balaban J connectivity index is 2.75. The maximum Gasteiger partial charge on any atom is 0.254 e. The number of aromatic nitrogens is 1. The second-order valence-electron chi connectivity index (χ2n) is 4.85. The molecule has 0 aliphatic rings. The predicted octanol–water partition coefficient (Wildman–Crippen LogP) is 1.43. The van der Waals surface area contributed by atoms with Crippen LogP contribution in [0.4, 0.5) is 8.78 Å². The fraction of sp³-hybridized carbons (Fsp3) is 0.500. The number of carbonyl (C=O) groups excluding carboxylic acids is 1. The van der Waals surface area contributed by atoms with E-state index < -0.39 is 17.7 Å². The highest BCUT2D eigenvalue weighted by molar-refractivity contribution is 5.94. The smallest absolute Gasteiger partial charge is 0.254 e. The van der Waals surface area contributed by atoms with Crippen molar-refractivity contribution in [2.45, 2.75) is 19.4 Å². The number of nitrogens with one attached hydrogen (secondary N) is 1. The number of carbonyl (C=O) groups is 1. The second kappa shape index (κ2) is 5.39. The molecule has 0 spiro atoms. The number of likely N-dealkylation sites (N-methyl/N-ethyl adjacent to an activating group) is 1. The molecule has 0 unspecified atom stereocenters. The maximum atomic E-state index is 13.3. The quantitative estimate of drug-likeness (QED) is 0.830. The molecule has 0 radical (unpaired) electrons. The standard InChI is InChI=1S/C12H17F2N3O/c1-12(2,17(3)4)7-16-11(18)8-5-6-15-10(14)9(8)13/h5-6H,7H2,1-4H3,(H,16,18). The maximum absolute atomic E-state index is 13.3. The van der Waals surface area contributed by atoms with E-state index in [1.165, 1.54) is 0 Å². The molecule has 0 saturated carbocycles. The molecule has 1 aromatic heterocycles. The van der Waals surface area contributed by atoms with Gasteiger partial charge in [0.15, 0.2) is 5.82 Å². The summed E-state index contributed by atoms with van der Waals surface area (Å²) in [4.78, 5) is 16.8. The van der Waals surface area contributed by atoms with E-state index in [0.717, 1.165) is 12.3 Å². The van der Waals surface area contributed by atoms with Gasteiger partial charge in [-0.05, 0) is 34.0 Å². The third-order valence-corrected chi connectivity index (χ3v) is 2.98. The van der Waals surface area contributed by atoms with Gasteiger partial charge < -0.3 is 10.2 Å². The van der Waals surface area contributed by atoms with E-state index in [2.05, 4.69) is 10.3 Å². The topological polar surface area (TPSA) is 45.2 Å². The summed E-state index contributed by atoms with van der Waals surface area (Å²) in [6.45, 7) is 4.18. The Bertz CT molecular complexity index is 447. The number of rotatable bonds is 4. The molecule has 1 N–H and O–H groups in total. The van der Waals surface area contributed by atoms with Gasteiger partial charge in [0.1, 0.15) is 0 Å². The van der Waals surface area contributed by atoms with Crippen LogP contribution in [0.1, 0.15) is 24.2 Å². The average molecular weight is 257 g/mol. The summed E-state index contributed by atoms with van der Waals surface area (Å²) in [5.74, 6) is -3.14. The number of halogens is 2. The highest BCUT2D eigenvalue weighted by Gasteiger charge is 2.23. The number of hydrogen-bond acceptors (Lipinski definition) is 3. The van der Waals surface area contributed by atoms with E-state index in [4.69, 9.17) is 0 Å². The molecular formula is C12H17F2N3O. The molecule has 100 valence electrons. The first-order valence-corrected chi connectivity index (χ1v) is 5.51. The Morgan fingerprint density at radius 2 is 2.06 bits per heavy atom. The molecule has 6 heteroatoms. The summed E-state index contributed by atoms with van der Waals surface area (Å²) in [7, 11) is 3.75. The SMILES string of the molecule is CN(C)C(C)(C)CNC(=O)c1ccnc(F)c1F. The van der Waals surface area contributed by atoms with Crippen molar-refractivity contribution in [1.82, 2.24) is 15.2 Å². The number of pyridine rings is 1. The van der Waals surface area contributed by atoms with Gasteiger partial charge in [0.2, 0.25) is 5.95 Å². The van der Waals surface area contributed by atoms with Gasteiger partial charge in [0, 0.05) is 18.3 Å². The predicted molar refractivity (Wildman–Crippen MR) is 64.3 cm³/mol. The molecular weight excluding hydrogens is 240 g/mol. The van der Waals surface area contributed by atoms with Gasteiger partial charge in [-0.1, -0.05) is 0 Å². The molecule has 0 saturated heterocycles. The minimum Gasteiger partial charge on any atom is -0.350 e. The van der Waals surface area contributed by atoms with E-state index in [9.17, 15) is 13.6 Å². The van der Waals surface area contributed by atoms with E-state index in [-0.39, 0.29) is 11.1 Å². The second-order valence-corrected chi connectivity index (χ2v) is 4.85. The first kappa shape index (κ1) is 14.5. The third kappa shape index (κ3) is 3.22. The van der Waals surface area contributed by atoms with Crippen LogP contribution in [0.25, 0.3) is 0 Å². The number of hydrogen-bond donors (Lipinski definition) is 1. The first-order valence-electron chi connectivity index (χ1n) is 5.51. The van der Waals surface area contributed by atoms with Crippen LogP contribution in [0.3, 0.4) is 0 Å². The lowest BCUT2D eigenvalue weighted by Gasteiger charge is -2.32. The van der Waals surface area contributed by atoms with Crippen LogP contribution in [0.15, 0.2) is 12.3 Å². The summed E-state index contributed by atoms with van der Waals surface area (Å²) in [6.07, 6.45) is 1.06. The van der Waals surface area contributed by atoms with E-state index in [0.29, 0.717) is 6.54 Å². The van der Waals surface area contributed by atoms with Crippen molar-refractivity contribution in [2.75, 3.05) is 20.6 Å². The Morgan fingerprint density at radius 1 is 1.44 bits per heavy atom. The van der Waals surface area contributed by atoms with Crippen molar-refractivity contribution in [2.24, 2.45) is 0 Å². The largest absolute Gasteiger partial charge is 0.350 e. The molecule has 0 aromatic carbocycles. The third-order valence-electron chi connectivity index (χ3n) is 2.98. The lowest BCUT2D eigenvalue weighted by atomic mass is 10.0. The van der Waals surface area contributed by atoms with Crippen LogP contribution in [-0.4, -0.2) is 42.0 Å². The summed E-state index contributed by atoms with van der Waals surface area (Å²) in [5.41, 5.74) is -0.616. The zero-order chi connectivity index (χ0) is 13.9. The number of amides is 1. The fourth-order valence-electron chi connectivity index (χ4n) is 1.14. The lowest BCUT2D eigenvalue weighted by Crippen LogP contribution is -2.48. The average Bonchev–Trinajstić information content (AvgIpc) is 2.29. The molecule has 4 nitrogen and oxygen atoms in total. The van der Waals surface area contributed by atoms with Crippen LogP contribution in [0.2, 0.25) is 0 Å². The summed E-state index contributed by atoms with van der Waals surface area (Å²) >= 11 is 0. The highest BCUT2D eigenvalue weighted by atomic mass is 19.2. The summed E-state index contributed by atoms with van der Waals surface area (Å²) < 4.78 is 26.2. The molecule has 0 atom stereocenters. The van der Waals surface area contributed by atoms with E-state index in [1.54, 1.807) is 0 Å². The zero-order valence-electron chi connectivity index (χ0n) is 10.9. The monoisotopic (exact) mass is 257 g/mol. The van der Waals surface area contributed by atoms with Gasteiger partial charge >= 0.3 is 0 Å². The van der Waals surface area contributed by atoms with Crippen LogP contribution in [0, 0.1) is 11.8 Å². The van der Waals surface area contributed by atoms with Crippen molar-refractivity contribution >= 4 is 5.91 Å². The minimum absolute atomic E-state index is 0.280. The zero-order valence-corrected chi connectivity index (χ0v) is 10.9. The van der Waals surface area contributed by atoms with Crippen molar-refractivity contribution < 1.29 is 13.6 Å². The van der Waals surface area contributed by atoms with Crippen LogP contribution < -0.4 is 5.32 Å². The van der Waals surface area contributed by atoms with Crippen LogP contribution in [0.5, 0.6) is 0 Å². The summed E-state index contributed by atoms with van der Waals surface area (Å²) in [6, 6.07) is 1.15. The Labute approximate surface area is 105 Å². The van der Waals surface area contributed by atoms with Gasteiger partial charge in [-0.25, -0.2) is 9.37 Å². The summed E-state index contributed by atoms with van der Waals surface area (Å²) in [5, 5.41) is 2.57. The minimum atomic E-state index is -1.27. The van der Waals surface area contributed by atoms with Crippen LogP contribution in [-0.2, 0) is 0 Å². The van der Waals surface area contributed by atoms with Gasteiger partial charge in [-0.15, -0.1) is 0 Å². The molecule has 1 aromatic rings. The molecule has 1 amide bonds. The van der Waals surface area contributed by atoms with Crippen molar-refractivity contribution in [3.8, 4) is 0 Å². The van der Waals surface area contributed by atoms with Crippen molar-refractivity contribution in [3.63, 3.8) is 0 Å². The van der Waals surface area contributed by atoms with Gasteiger partial charge in [0.05, 0.1) is 5.56 Å². The Morgan fingerprint density at radius 3 is 2.61 bits per heavy atom. The molecule has 18 heavy (non-hydrogen) atoms. The van der Waals surface area contributed by atoms with Gasteiger partial charge in [-0.2, -0.15) is 4.39 Å². The van der Waals surface area contributed by atoms with E-state index in [1.807, 2.05) is 32.8 Å². The molecule has 0 aliphatic carbocycles. The fourth-order valence-corrected chi connectivity index (χ4v) is 1.14. The molecule has 0 aliphatic heterocycles. The van der Waals surface area contributed by atoms with E-state index >= 15 is 0 Å². The molecule has 1 heterocycles. The van der Waals surface area contributed by atoms with Gasteiger partial charge in [-0.3, -0.25) is 4.79 Å². The van der Waals surface area contributed by atoms with Crippen LogP contribution >= 0.6 is 0 Å². The molecule has 0 bridgehead atoms. The number of nitrogens with zero attached hydrogens (tertiary/aromatic N) is 2. The Kier molecular flexibility index (Phi) is 4.34. The molecule has 0 fully saturated rings.